The highest BCUT2D eigenvalue weighted by Gasteiger charge is 2.38. The lowest BCUT2D eigenvalue weighted by molar-refractivity contribution is -0.144. The highest BCUT2D eigenvalue weighted by molar-refractivity contribution is 7.98. The van der Waals surface area contributed by atoms with Crippen LogP contribution >= 0.6 is 11.8 Å². The van der Waals surface area contributed by atoms with Gasteiger partial charge in [-0.25, -0.2) is 4.79 Å². The first-order valence-electron chi connectivity index (χ1n) is 10.6. The van der Waals surface area contributed by atoms with Crippen LogP contribution < -0.4 is 16.4 Å². The quantitative estimate of drug-likeness (QED) is 0.238. The van der Waals surface area contributed by atoms with Gasteiger partial charge in [0.15, 0.2) is 0 Å². The van der Waals surface area contributed by atoms with Crippen LogP contribution in [0, 0.1) is 5.92 Å². The number of carboxylic acids is 2. The normalized spacial score (nSPS) is 18.7. The zero-order chi connectivity index (χ0) is 24.4. The van der Waals surface area contributed by atoms with Gasteiger partial charge < -0.3 is 31.5 Å². The monoisotopic (exact) mass is 474 g/mol. The minimum absolute atomic E-state index is 0.284. The molecule has 182 valence electrons. The number of nitrogens with zero attached hydrogens (tertiary/aromatic N) is 1. The maximum atomic E-state index is 12.9. The number of hydrogen-bond acceptors (Lipinski definition) is 7. The Morgan fingerprint density at radius 1 is 1.12 bits per heavy atom. The number of hydrogen-bond donors (Lipinski definition) is 5. The van der Waals surface area contributed by atoms with Gasteiger partial charge in [0.1, 0.15) is 18.1 Å². The molecule has 32 heavy (non-hydrogen) atoms. The fourth-order valence-electron chi connectivity index (χ4n) is 3.46. The topological polar surface area (TPSA) is 179 Å². The Morgan fingerprint density at radius 2 is 1.78 bits per heavy atom. The zero-order valence-electron chi connectivity index (χ0n) is 18.7. The van der Waals surface area contributed by atoms with Crippen LogP contribution in [0.25, 0.3) is 0 Å². The van der Waals surface area contributed by atoms with Gasteiger partial charge in [0, 0.05) is 13.0 Å². The Bertz CT molecular complexity index is 703. The van der Waals surface area contributed by atoms with E-state index in [0.29, 0.717) is 25.8 Å². The van der Waals surface area contributed by atoms with E-state index in [1.165, 1.54) is 4.90 Å². The van der Waals surface area contributed by atoms with Crippen LogP contribution in [0.3, 0.4) is 0 Å². The van der Waals surface area contributed by atoms with E-state index in [1.807, 2.05) is 6.26 Å². The van der Waals surface area contributed by atoms with Crippen molar-refractivity contribution in [2.75, 3.05) is 18.6 Å². The fourth-order valence-corrected chi connectivity index (χ4v) is 3.95. The molecule has 4 atom stereocenters. The number of aliphatic carboxylic acids is 2. The van der Waals surface area contributed by atoms with Crippen molar-refractivity contribution in [3.05, 3.63) is 0 Å². The summed E-state index contributed by atoms with van der Waals surface area (Å²) in [6.07, 6.45) is 2.77. The van der Waals surface area contributed by atoms with Crippen molar-refractivity contribution in [1.29, 1.82) is 0 Å². The predicted molar refractivity (Wildman–Crippen MR) is 119 cm³/mol. The molecule has 1 aliphatic heterocycles. The van der Waals surface area contributed by atoms with Crippen LogP contribution in [-0.2, 0) is 24.0 Å². The van der Waals surface area contributed by atoms with Crippen molar-refractivity contribution in [3.63, 3.8) is 0 Å². The molecule has 0 spiro atoms. The molecule has 0 radical (unpaired) electrons. The predicted octanol–water partition coefficient (Wildman–Crippen LogP) is -0.367. The van der Waals surface area contributed by atoms with Crippen LogP contribution in [0.1, 0.15) is 46.0 Å². The van der Waals surface area contributed by atoms with Crippen LogP contribution in [0.5, 0.6) is 0 Å². The average molecular weight is 475 g/mol. The molecule has 4 unspecified atom stereocenters. The molecule has 0 saturated carbocycles. The molecule has 0 aromatic carbocycles. The van der Waals surface area contributed by atoms with Gasteiger partial charge in [-0.05, 0) is 43.6 Å². The standard InChI is InChI=1S/C20H34N4O7S/c1-11(2)16(18(28)22-13(20(30)31)6-7-15(25)26)23-17(27)14-5-4-9-24(14)19(29)12(21)8-10-32-3/h11-14,16H,4-10,21H2,1-3H3,(H,22,28)(H,23,27)(H,25,26)(H,30,31). The Kier molecular flexibility index (Phi) is 11.5. The summed E-state index contributed by atoms with van der Waals surface area (Å²) in [5.74, 6) is -3.72. The summed E-state index contributed by atoms with van der Waals surface area (Å²) in [5, 5.41) is 23.0. The van der Waals surface area contributed by atoms with Gasteiger partial charge in [-0.3, -0.25) is 19.2 Å². The Hall–Kier alpha value is -2.34. The van der Waals surface area contributed by atoms with Crippen LogP contribution in [-0.4, -0.2) is 87.5 Å². The number of likely N-dealkylation sites (tertiary alicyclic amines) is 1. The Labute approximate surface area is 191 Å². The maximum absolute atomic E-state index is 12.9. The van der Waals surface area contributed by atoms with E-state index in [4.69, 9.17) is 10.8 Å². The number of amides is 3. The second-order valence-corrected chi connectivity index (χ2v) is 9.13. The smallest absolute Gasteiger partial charge is 0.326 e. The molecule has 1 fully saturated rings. The molecule has 0 bridgehead atoms. The van der Waals surface area contributed by atoms with Gasteiger partial charge in [0.25, 0.3) is 0 Å². The number of carbonyl (C=O) groups excluding carboxylic acids is 3. The summed E-state index contributed by atoms with van der Waals surface area (Å²) >= 11 is 1.57. The van der Waals surface area contributed by atoms with E-state index in [1.54, 1.807) is 25.6 Å². The summed E-state index contributed by atoms with van der Waals surface area (Å²) < 4.78 is 0. The van der Waals surface area contributed by atoms with Gasteiger partial charge in [-0.2, -0.15) is 11.8 Å². The van der Waals surface area contributed by atoms with Gasteiger partial charge in [0.2, 0.25) is 17.7 Å². The van der Waals surface area contributed by atoms with E-state index in [9.17, 15) is 29.1 Å². The third kappa shape index (κ3) is 8.30. The van der Waals surface area contributed by atoms with Gasteiger partial charge in [0.05, 0.1) is 6.04 Å². The molecule has 0 aromatic rings. The van der Waals surface area contributed by atoms with E-state index >= 15 is 0 Å². The lowest BCUT2D eigenvalue weighted by Crippen LogP contribution is -2.58. The summed E-state index contributed by atoms with van der Waals surface area (Å²) in [6.45, 7) is 3.78. The second-order valence-electron chi connectivity index (χ2n) is 8.14. The van der Waals surface area contributed by atoms with Gasteiger partial charge >= 0.3 is 11.9 Å². The third-order valence-corrected chi connectivity index (χ3v) is 5.94. The third-order valence-electron chi connectivity index (χ3n) is 5.30. The maximum Gasteiger partial charge on any atom is 0.326 e. The highest BCUT2D eigenvalue weighted by Crippen LogP contribution is 2.20. The molecule has 12 heteroatoms. The first-order chi connectivity index (χ1) is 15.0. The molecule has 3 amide bonds. The van der Waals surface area contributed by atoms with Gasteiger partial charge in [-0.15, -0.1) is 0 Å². The average Bonchev–Trinajstić information content (AvgIpc) is 3.21. The summed E-state index contributed by atoms with van der Waals surface area (Å²) in [7, 11) is 0. The second kappa shape index (κ2) is 13.3. The van der Waals surface area contributed by atoms with E-state index in [-0.39, 0.29) is 18.2 Å². The number of thioether (sulfide) groups is 1. The van der Waals surface area contributed by atoms with Crippen LogP contribution in [0.2, 0.25) is 0 Å². The van der Waals surface area contributed by atoms with Gasteiger partial charge in [-0.1, -0.05) is 13.8 Å². The molecule has 1 saturated heterocycles. The van der Waals surface area contributed by atoms with Crippen molar-refractivity contribution in [2.24, 2.45) is 11.7 Å². The van der Waals surface area contributed by atoms with Crippen molar-refractivity contribution < 1.29 is 34.2 Å². The largest absolute Gasteiger partial charge is 0.481 e. The minimum Gasteiger partial charge on any atom is -0.481 e. The molecule has 0 aliphatic carbocycles. The van der Waals surface area contributed by atoms with Crippen LogP contribution in [0.4, 0.5) is 0 Å². The lowest BCUT2D eigenvalue weighted by atomic mass is 10.0. The molecule has 0 aromatic heterocycles. The summed E-state index contributed by atoms with van der Waals surface area (Å²) in [4.78, 5) is 61.9. The molecule has 1 aliphatic rings. The number of carbonyl (C=O) groups is 5. The number of nitrogens with one attached hydrogen (secondary N) is 2. The molecule has 6 N–H and O–H groups in total. The van der Waals surface area contributed by atoms with E-state index in [2.05, 4.69) is 10.6 Å². The molecular weight excluding hydrogens is 440 g/mol. The molecule has 1 heterocycles. The molecule has 11 nitrogen and oxygen atoms in total. The van der Waals surface area contributed by atoms with Crippen molar-refractivity contribution in [3.8, 4) is 0 Å². The number of rotatable bonds is 13. The van der Waals surface area contributed by atoms with Crippen LogP contribution in [0.15, 0.2) is 0 Å². The van der Waals surface area contributed by atoms with Crippen molar-refractivity contribution in [2.45, 2.75) is 70.1 Å². The molecule has 1 rings (SSSR count). The summed E-state index contributed by atoms with van der Waals surface area (Å²) in [5.41, 5.74) is 5.98. The van der Waals surface area contributed by atoms with E-state index < -0.39 is 54.3 Å². The first-order valence-corrected chi connectivity index (χ1v) is 12.0. The Morgan fingerprint density at radius 3 is 2.31 bits per heavy atom. The SMILES string of the molecule is CSCCC(N)C(=O)N1CCCC1C(=O)NC(C(=O)NC(CCC(=O)O)C(=O)O)C(C)C. The van der Waals surface area contributed by atoms with E-state index in [0.717, 1.165) is 5.75 Å². The first kappa shape index (κ1) is 27.7. The minimum atomic E-state index is -1.39. The Balaban J connectivity index is 2.84. The number of carboxylic acid groups (broad SMARTS) is 2. The highest BCUT2D eigenvalue weighted by atomic mass is 32.2. The lowest BCUT2D eigenvalue weighted by Gasteiger charge is -2.29. The fraction of sp³-hybridized carbons (Fsp3) is 0.750. The molecular formula is C20H34N4O7S. The zero-order valence-corrected chi connectivity index (χ0v) is 19.5. The van der Waals surface area contributed by atoms with Crippen molar-refractivity contribution in [1.82, 2.24) is 15.5 Å². The summed E-state index contributed by atoms with van der Waals surface area (Å²) in [6, 6.07) is -3.89. The number of nitrogens with two attached hydrogens (primary N) is 1. The van der Waals surface area contributed by atoms with Crippen molar-refractivity contribution >= 4 is 41.4 Å².